The van der Waals surface area contributed by atoms with Crippen LogP contribution in [0.3, 0.4) is 0 Å². The molecule has 0 saturated carbocycles. The monoisotopic (exact) mass is 407 g/mol. The minimum Gasteiger partial charge on any atom is -0.375 e. The number of carbonyl (C=O) groups excluding carboxylic acids is 2. The number of anilines is 1. The second-order valence-electron chi connectivity index (χ2n) is 6.38. The minimum absolute atomic E-state index is 0. The maximum atomic E-state index is 12.9. The average molecular weight is 408 g/mol. The molecule has 0 spiro atoms. The Labute approximate surface area is 169 Å². The lowest BCUT2D eigenvalue weighted by atomic mass is 10.1. The third-order valence-corrected chi connectivity index (χ3v) is 4.38. The summed E-state index contributed by atoms with van der Waals surface area (Å²) in [5, 5.41) is 8.78. The molecule has 0 aromatic heterocycles. The first kappa shape index (κ1) is 21.8. The molecule has 0 bridgehead atoms. The summed E-state index contributed by atoms with van der Waals surface area (Å²) in [5.41, 5.74) is 1.91. The van der Waals surface area contributed by atoms with Crippen LogP contribution in [0.4, 0.5) is 10.1 Å². The molecule has 3 N–H and O–H groups in total. The van der Waals surface area contributed by atoms with E-state index in [0.29, 0.717) is 30.9 Å². The van der Waals surface area contributed by atoms with Gasteiger partial charge in [0.2, 0.25) is 5.91 Å². The fraction of sp³-hybridized carbons (Fsp3) is 0.300. The summed E-state index contributed by atoms with van der Waals surface area (Å²) >= 11 is 0. The van der Waals surface area contributed by atoms with Crippen molar-refractivity contribution in [2.75, 3.05) is 18.5 Å². The first-order valence-electron chi connectivity index (χ1n) is 8.81. The van der Waals surface area contributed by atoms with Gasteiger partial charge in [0.25, 0.3) is 5.91 Å². The summed E-state index contributed by atoms with van der Waals surface area (Å²) in [4.78, 5) is 24.4. The zero-order chi connectivity index (χ0) is 19.2. The predicted molar refractivity (Wildman–Crippen MR) is 107 cm³/mol. The lowest BCUT2D eigenvalue weighted by Crippen LogP contribution is -2.55. The molecule has 2 aromatic rings. The van der Waals surface area contributed by atoms with Gasteiger partial charge in [-0.15, -0.1) is 12.4 Å². The van der Waals surface area contributed by atoms with Crippen LogP contribution >= 0.6 is 12.4 Å². The standard InChI is InChI=1S/C20H22FN3O3.ClH/c1-13-18(22-10-11-27-13)20(26)23-12-14-2-8-17(9-3-14)24-19(25)15-4-6-16(21)7-5-15;/h2-9,13,18,22H,10-12H2,1H3,(H,23,26)(H,24,25);1H/t13-,18+;/m1./s1. The Bertz CT molecular complexity index is 799. The second kappa shape index (κ2) is 10.2. The van der Waals surface area contributed by atoms with Gasteiger partial charge in [-0.2, -0.15) is 0 Å². The van der Waals surface area contributed by atoms with E-state index in [9.17, 15) is 14.0 Å². The van der Waals surface area contributed by atoms with Crippen molar-refractivity contribution in [1.29, 1.82) is 0 Å². The number of halogens is 2. The van der Waals surface area contributed by atoms with Crippen LogP contribution in [0.25, 0.3) is 0 Å². The van der Waals surface area contributed by atoms with Gasteiger partial charge in [-0.25, -0.2) is 4.39 Å². The van der Waals surface area contributed by atoms with Crippen molar-refractivity contribution in [3.63, 3.8) is 0 Å². The molecule has 0 radical (unpaired) electrons. The first-order valence-corrected chi connectivity index (χ1v) is 8.81. The van der Waals surface area contributed by atoms with Gasteiger partial charge in [0.05, 0.1) is 12.7 Å². The van der Waals surface area contributed by atoms with Crippen LogP contribution in [0.2, 0.25) is 0 Å². The van der Waals surface area contributed by atoms with E-state index in [0.717, 1.165) is 5.56 Å². The first-order chi connectivity index (χ1) is 13.0. The minimum atomic E-state index is -0.387. The van der Waals surface area contributed by atoms with Crippen LogP contribution in [0, 0.1) is 5.82 Å². The molecule has 1 aliphatic heterocycles. The van der Waals surface area contributed by atoms with Crippen molar-refractivity contribution in [2.45, 2.75) is 25.6 Å². The quantitative estimate of drug-likeness (QED) is 0.711. The van der Waals surface area contributed by atoms with E-state index in [2.05, 4.69) is 16.0 Å². The zero-order valence-electron chi connectivity index (χ0n) is 15.4. The lowest BCUT2D eigenvalue weighted by Gasteiger charge is -2.29. The number of rotatable bonds is 5. The summed E-state index contributed by atoms with van der Waals surface area (Å²) < 4.78 is 18.4. The van der Waals surface area contributed by atoms with Crippen LogP contribution in [0.5, 0.6) is 0 Å². The highest BCUT2D eigenvalue weighted by molar-refractivity contribution is 6.04. The third-order valence-electron chi connectivity index (χ3n) is 4.38. The van der Waals surface area contributed by atoms with Gasteiger partial charge in [0.15, 0.2) is 0 Å². The summed E-state index contributed by atoms with van der Waals surface area (Å²) in [6.07, 6.45) is -0.164. The van der Waals surface area contributed by atoms with Crippen LogP contribution in [-0.2, 0) is 16.1 Å². The largest absolute Gasteiger partial charge is 0.375 e. The average Bonchev–Trinajstić information content (AvgIpc) is 2.68. The van der Waals surface area contributed by atoms with Crippen LogP contribution in [0.15, 0.2) is 48.5 Å². The van der Waals surface area contributed by atoms with Crippen molar-refractivity contribution in [2.24, 2.45) is 0 Å². The van der Waals surface area contributed by atoms with E-state index in [1.54, 1.807) is 12.1 Å². The van der Waals surface area contributed by atoms with Crippen molar-refractivity contribution in [3.8, 4) is 0 Å². The zero-order valence-corrected chi connectivity index (χ0v) is 16.2. The fourth-order valence-corrected chi connectivity index (χ4v) is 2.84. The molecule has 1 fully saturated rings. The Morgan fingerprint density at radius 2 is 1.82 bits per heavy atom. The number of ether oxygens (including phenoxy) is 1. The number of carbonyl (C=O) groups is 2. The van der Waals surface area contributed by atoms with E-state index < -0.39 is 0 Å². The topological polar surface area (TPSA) is 79.5 Å². The van der Waals surface area contributed by atoms with E-state index in [1.807, 2.05) is 19.1 Å². The lowest BCUT2D eigenvalue weighted by molar-refractivity contribution is -0.129. The van der Waals surface area contributed by atoms with Crippen LogP contribution < -0.4 is 16.0 Å². The molecule has 1 saturated heterocycles. The number of hydrogen-bond acceptors (Lipinski definition) is 4. The van der Waals surface area contributed by atoms with Crippen LogP contribution in [0.1, 0.15) is 22.8 Å². The van der Waals surface area contributed by atoms with Crippen molar-refractivity contribution >= 4 is 29.9 Å². The highest BCUT2D eigenvalue weighted by Crippen LogP contribution is 2.12. The molecule has 0 aliphatic carbocycles. The predicted octanol–water partition coefficient (Wildman–Crippen LogP) is 2.49. The summed E-state index contributed by atoms with van der Waals surface area (Å²) in [5.74, 6) is -0.799. The maximum Gasteiger partial charge on any atom is 0.255 e. The summed E-state index contributed by atoms with van der Waals surface area (Å²) in [6, 6.07) is 12.2. The van der Waals surface area contributed by atoms with E-state index in [-0.39, 0.29) is 42.2 Å². The molecule has 1 aliphatic rings. The number of amides is 2. The Hall–Kier alpha value is -2.48. The molecule has 2 aromatic carbocycles. The SMILES string of the molecule is C[C@H]1OCCN[C@@H]1C(=O)NCc1ccc(NC(=O)c2ccc(F)cc2)cc1.Cl. The van der Waals surface area contributed by atoms with Crippen LogP contribution in [-0.4, -0.2) is 37.1 Å². The summed E-state index contributed by atoms with van der Waals surface area (Å²) in [7, 11) is 0. The number of hydrogen-bond donors (Lipinski definition) is 3. The van der Waals surface area contributed by atoms with E-state index >= 15 is 0 Å². The molecule has 0 unspecified atom stereocenters. The van der Waals surface area contributed by atoms with Gasteiger partial charge in [-0.1, -0.05) is 12.1 Å². The van der Waals surface area contributed by atoms with Gasteiger partial charge >= 0.3 is 0 Å². The van der Waals surface area contributed by atoms with Crippen molar-refractivity contribution < 1.29 is 18.7 Å². The number of morpholine rings is 1. The molecule has 150 valence electrons. The highest BCUT2D eigenvalue weighted by atomic mass is 35.5. The molecule has 8 heteroatoms. The molecule has 28 heavy (non-hydrogen) atoms. The second-order valence-corrected chi connectivity index (χ2v) is 6.38. The maximum absolute atomic E-state index is 12.9. The normalized spacial score (nSPS) is 18.6. The molecular formula is C20H23ClFN3O3. The van der Waals surface area contributed by atoms with Gasteiger partial charge in [-0.3, -0.25) is 9.59 Å². The highest BCUT2D eigenvalue weighted by Gasteiger charge is 2.27. The smallest absolute Gasteiger partial charge is 0.255 e. The molecular weight excluding hydrogens is 385 g/mol. The molecule has 2 atom stereocenters. The Morgan fingerprint density at radius 3 is 2.46 bits per heavy atom. The van der Waals surface area contributed by atoms with Crippen molar-refractivity contribution in [3.05, 3.63) is 65.5 Å². The van der Waals surface area contributed by atoms with Crippen molar-refractivity contribution in [1.82, 2.24) is 10.6 Å². The number of nitrogens with one attached hydrogen (secondary N) is 3. The fourth-order valence-electron chi connectivity index (χ4n) is 2.84. The molecule has 3 rings (SSSR count). The van der Waals surface area contributed by atoms with Gasteiger partial charge in [-0.05, 0) is 48.9 Å². The Kier molecular flexibility index (Phi) is 7.92. The van der Waals surface area contributed by atoms with Gasteiger partial charge < -0.3 is 20.7 Å². The molecule has 2 amide bonds. The van der Waals surface area contributed by atoms with Gasteiger partial charge in [0, 0.05) is 24.3 Å². The Balaban J connectivity index is 0.00000280. The third kappa shape index (κ3) is 5.76. The summed E-state index contributed by atoms with van der Waals surface area (Å²) in [6.45, 7) is 3.52. The number of benzene rings is 2. The van der Waals surface area contributed by atoms with Gasteiger partial charge in [0.1, 0.15) is 11.9 Å². The molecule has 6 nitrogen and oxygen atoms in total. The Morgan fingerprint density at radius 1 is 1.14 bits per heavy atom. The van der Waals surface area contributed by atoms with E-state index in [4.69, 9.17) is 4.74 Å². The van der Waals surface area contributed by atoms with E-state index in [1.165, 1.54) is 24.3 Å². The molecule has 1 heterocycles.